The van der Waals surface area contributed by atoms with Gasteiger partial charge in [-0.3, -0.25) is 18.4 Å². The second-order valence-corrected chi connectivity index (χ2v) is 13.9. The van der Waals surface area contributed by atoms with Gasteiger partial charge in [-0.25, -0.2) is 19.5 Å². The molecule has 3 aromatic rings. The molecule has 0 aromatic carbocycles. The zero-order valence-electron chi connectivity index (χ0n) is 19.1. The van der Waals surface area contributed by atoms with Crippen molar-refractivity contribution in [2.45, 2.75) is 45.3 Å². The molecule has 12 nitrogen and oxygen atoms in total. The van der Waals surface area contributed by atoms with Crippen LogP contribution in [0.3, 0.4) is 0 Å². The number of nitrogen functional groups attached to an aromatic ring is 1. The number of fused-ring (bicyclic) bond motifs is 2. The Kier molecular flexibility index (Phi) is 6.41. The molecule has 2 saturated heterocycles. The molecule has 0 spiro atoms. The lowest BCUT2D eigenvalue weighted by atomic mass is 9.98. The molecule has 0 saturated carbocycles. The van der Waals surface area contributed by atoms with Gasteiger partial charge in [-0.15, -0.1) is 11.3 Å². The van der Waals surface area contributed by atoms with E-state index in [1.54, 1.807) is 25.3 Å². The molecule has 5 heterocycles. The van der Waals surface area contributed by atoms with Crippen LogP contribution in [0.2, 0.25) is 0 Å². The van der Waals surface area contributed by atoms with E-state index >= 15 is 0 Å². The first-order valence-corrected chi connectivity index (χ1v) is 14.7. The molecule has 5 rings (SSSR count). The molecular formula is C20H24N5O7PS2. The average Bonchev–Trinajstić information content (AvgIpc) is 3.51. The summed E-state index contributed by atoms with van der Waals surface area (Å²) < 4.78 is 37.3. The van der Waals surface area contributed by atoms with Crippen molar-refractivity contribution in [3.05, 3.63) is 23.8 Å². The molecule has 188 valence electrons. The monoisotopic (exact) mass is 541 g/mol. The molecule has 2 aliphatic rings. The van der Waals surface area contributed by atoms with E-state index in [1.165, 1.54) is 17.7 Å². The third kappa shape index (κ3) is 4.59. The number of hydrogen-bond acceptors (Lipinski definition) is 13. The van der Waals surface area contributed by atoms with Crippen molar-refractivity contribution in [3.63, 3.8) is 0 Å². The third-order valence-electron chi connectivity index (χ3n) is 5.47. The molecule has 0 radical (unpaired) electrons. The molecule has 3 aromatic heterocycles. The number of aromatic nitrogens is 4. The van der Waals surface area contributed by atoms with Crippen LogP contribution in [-0.2, 0) is 27.9 Å². The number of aliphatic hydroxyl groups excluding tert-OH is 1. The van der Waals surface area contributed by atoms with Crippen LogP contribution in [0.1, 0.15) is 27.0 Å². The quantitative estimate of drug-likeness (QED) is 0.276. The van der Waals surface area contributed by atoms with Crippen molar-refractivity contribution < 1.29 is 33.0 Å². The molecule has 0 amide bonds. The number of nitrogens with two attached hydrogens (primary N) is 1. The second kappa shape index (κ2) is 9.11. The summed E-state index contributed by atoms with van der Waals surface area (Å²) in [5.74, 6) is 0.0418. The van der Waals surface area contributed by atoms with Crippen LogP contribution in [0.25, 0.3) is 21.9 Å². The van der Waals surface area contributed by atoms with Crippen LogP contribution in [0.5, 0.6) is 0 Å². The lowest BCUT2D eigenvalue weighted by Gasteiger charge is -2.31. The fourth-order valence-corrected chi connectivity index (χ4v) is 7.23. The van der Waals surface area contributed by atoms with E-state index in [9.17, 15) is 14.5 Å². The first kappa shape index (κ1) is 24.6. The van der Waals surface area contributed by atoms with Crippen LogP contribution >= 0.6 is 29.5 Å². The van der Waals surface area contributed by atoms with Gasteiger partial charge in [-0.2, -0.15) is 0 Å². The number of hydrogen-bond donors (Lipinski definition) is 2. The molecule has 2 aliphatic heterocycles. The highest BCUT2D eigenvalue weighted by Gasteiger charge is 2.53. The number of imidazole rings is 1. The van der Waals surface area contributed by atoms with Gasteiger partial charge in [0.25, 0.3) is 0 Å². The van der Waals surface area contributed by atoms with Gasteiger partial charge < -0.3 is 20.3 Å². The van der Waals surface area contributed by atoms with Crippen LogP contribution in [0.15, 0.2) is 23.8 Å². The van der Waals surface area contributed by atoms with Crippen molar-refractivity contribution in [1.82, 2.24) is 19.5 Å². The Morgan fingerprint density at radius 2 is 2.23 bits per heavy atom. The standard InChI is InChI=1S/C20H24N5O7PS2/c1-20(2,3)19(27)29-9-35-33(28)30-7-10-14(32-33)13(26)18(31-10)25-16(11-5-4-6-34-11)24-12-15(21)22-8-23-17(12)25/h4-6,8,10,13-14,18,26H,7,9H2,1-3H3,(H2,21,22,23). The largest absolute Gasteiger partial charge is 0.454 e. The first-order chi connectivity index (χ1) is 16.6. The highest BCUT2D eigenvalue weighted by atomic mass is 32.7. The topological polar surface area (TPSA) is 161 Å². The Labute approximate surface area is 208 Å². The normalized spacial score (nSPS) is 28.8. The Hall–Kier alpha value is -2.06. The van der Waals surface area contributed by atoms with E-state index < -0.39 is 42.7 Å². The van der Waals surface area contributed by atoms with Crippen molar-refractivity contribution in [3.8, 4) is 10.7 Å². The molecule has 3 N–H and O–H groups in total. The van der Waals surface area contributed by atoms with Gasteiger partial charge in [0.15, 0.2) is 29.0 Å². The van der Waals surface area contributed by atoms with Gasteiger partial charge in [-0.1, -0.05) is 6.07 Å². The maximum atomic E-state index is 13.2. The minimum atomic E-state index is -3.72. The van der Waals surface area contributed by atoms with Crippen LogP contribution < -0.4 is 5.73 Å². The predicted molar refractivity (Wildman–Crippen MR) is 129 cm³/mol. The number of aliphatic hydroxyl groups is 1. The van der Waals surface area contributed by atoms with E-state index in [4.69, 9.17) is 24.3 Å². The van der Waals surface area contributed by atoms with Gasteiger partial charge in [0, 0.05) is 11.4 Å². The SMILES string of the molecule is CC(C)(C)C(=O)OCSP1(=O)OCC2OC(n3c(-c4cccs4)nc4c(N)ncnc43)C(O)C2O1. The zero-order chi connectivity index (χ0) is 25.0. The minimum absolute atomic E-state index is 0.0756. The summed E-state index contributed by atoms with van der Waals surface area (Å²) >= 11 is 2.20. The van der Waals surface area contributed by atoms with Crippen molar-refractivity contribution >= 4 is 52.5 Å². The Bertz CT molecular complexity index is 1300. The number of rotatable bonds is 5. The molecular weight excluding hydrogens is 517 g/mol. The maximum Gasteiger partial charge on any atom is 0.392 e. The summed E-state index contributed by atoms with van der Waals surface area (Å²) in [4.78, 5) is 25.7. The molecule has 5 atom stereocenters. The Morgan fingerprint density at radius 3 is 2.94 bits per heavy atom. The van der Waals surface area contributed by atoms with Crippen molar-refractivity contribution in [2.24, 2.45) is 5.41 Å². The summed E-state index contributed by atoms with van der Waals surface area (Å²) in [6, 6.07) is 3.76. The molecule has 0 aliphatic carbocycles. The van der Waals surface area contributed by atoms with Crippen LogP contribution in [-0.4, -0.2) is 61.5 Å². The number of esters is 1. The van der Waals surface area contributed by atoms with Crippen molar-refractivity contribution in [1.29, 1.82) is 0 Å². The molecule has 2 fully saturated rings. The third-order valence-corrected chi connectivity index (χ3v) is 9.68. The summed E-state index contributed by atoms with van der Waals surface area (Å²) in [5, 5.41) is 13.1. The summed E-state index contributed by atoms with van der Waals surface area (Å²) in [6.45, 7) is 1.36. The lowest BCUT2D eigenvalue weighted by molar-refractivity contribution is -0.150. The number of carbonyl (C=O) groups is 1. The van der Waals surface area contributed by atoms with Gasteiger partial charge in [0.2, 0.25) is 0 Å². The highest BCUT2D eigenvalue weighted by molar-refractivity contribution is 8.55. The zero-order valence-corrected chi connectivity index (χ0v) is 21.6. The molecule has 5 unspecified atom stereocenters. The van der Waals surface area contributed by atoms with Crippen LogP contribution in [0.4, 0.5) is 5.82 Å². The average molecular weight is 542 g/mol. The lowest BCUT2D eigenvalue weighted by Crippen LogP contribution is -2.39. The smallest absolute Gasteiger partial charge is 0.392 e. The number of ether oxygens (including phenoxy) is 2. The predicted octanol–water partition coefficient (Wildman–Crippen LogP) is 3.20. The van der Waals surface area contributed by atoms with E-state index in [2.05, 4.69) is 15.0 Å². The number of nitrogens with zero attached hydrogens (tertiary/aromatic N) is 4. The van der Waals surface area contributed by atoms with E-state index in [0.717, 1.165) is 16.3 Å². The first-order valence-electron chi connectivity index (χ1n) is 10.7. The van der Waals surface area contributed by atoms with Crippen LogP contribution in [0, 0.1) is 5.41 Å². The second-order valence-electron chi connectivity index (χ2n) is 9.01. The van der Waals surface area contributed by atoms with Gasteiger partial charge in [0.05, 0.1) is 16.9 Å². The summed E-state index contributed by atoms with van der Waals surface area (Å²) in [7, 11) is 0. The minimum Gasteiger partial charge on any atom is -0.454 e. The summed E-state index contributed by atoms with van der Waals surface area (Å²) in [5.41, 5.74) is 6.09. The van der Waals surface area contributed by atoms with E-state index in [0.29, 0.717) is 17.0 Å². The number of carbonyl (C=O) groups excluding carboxylic acids is 1. The summed E-state index contributed by atoms with van der Waals surface area (Å²) in [6.07, 6.45) is -2.51. The van der Waals surface area contributed by atoms with E-state index in [1.807, 2.05) is 17.5 Å². The fraction of sp³-hybridized carbons (Fsp3) is 0.500. The molecule has 0 bridgehead atoms. The number of anilines is 1. The van der Waals surface area contributed by atoms with Gasteiger partial charge >= 0.3 is 12.8 Å². The number of thiophene rings is 1. The van der Waals surface area contributed by atoms with Crippen molar-refractivity contribution in [2.75, 3.05) is 18.3 Å². The molecule has 35 heavy (non-hydrogen) atoms. The van der Waals surface area contributed by atoms with E-state index in [-0.39, 0.29) is 18.4 Å². The van der Waals surface area contributed by atoms with Gasteiger partial charge in [0.1, 0.15) is 30.6 Å². The Balaban J connectivity index is 1.39. The maximum absolute atomic E-state index is 13.2. The fourth-order valence-electron chi connectivity index (χ4n) is 3.72. The molecule has 15 heteroatoms. The Morgan fingerprint density at radius 1 is 1.43 bits per heavy atom. The van der Waals surface area contributed by atoms with Gasteiger partial charge in [-0.05, 0) is 32.2 Å². The highest BCUT2D eigenvalue weighted by Crippen LogP contribution is 2.65.